The lowest BCUT2D eigenvalue weighted by molar-refractivity contribution is -0.138. The summed E-state index contributed by atoms with van der Waals surface area (Å²) < 4.78 is 38.1. The van der Waals surface area contributed by atoms with E-state index >= 15 is 0 Å². The van der Waals surface area contributed by atoms with Crippen molar-refractivity contribution < 1.29 is 23.1 Å². The molecular formula is C14H18F3NO2. The summed E-state index contributed by atoms with van der Waals surface area (Å²) in [6, 6.07) is 3.13. The Kier molecular flexibility index (Phi) is 5.03. The average molecular weight is 289 g/mol. The van der Waals surface area contributed by atoms with Gasteiger partial charge in [0.2, 0.25) is 0 Å². The minimum Gasteiger partial charge on any atom is -0.478 e. The zero-order valence-corrected chi connectivity index (χ0v) is 11.6. The molecule has 0 aliphatic carbocycles. The van der Waals surface area contributed by atoms with Gasteiger partial charge in [-0.1, -0.05) is 20.3 Å². The van der Waals surface area contributed by atoms with Crippen LogP contribution in [0.2, 0.25) is 0 Å². The van der Waals surface area contributed by atoms with Gasteiger partial charge < -0.3 is 10.4 Å². The third-order valence-electron chi connectivity index (χ3n) is 3.45. The van der Waals surface area contributed by atoms with E-state index in [2.05, 4.69) is 5.32 Å². The highest BCUT2D eigenvalue weighted by atomic mass is 19.4. The van der Waals surface area contributed by atoms with Gasteiger partial charge in [0, 0.05) is 11.7 Å². The fourth-order valence-electron chi connectivity index (χ4n) is 1.82. The van der Waals surface area contributed by atoms with Crippen LogP contribution in [0.15, 0.2) is 18.2 Å². The first-order valence-electron chi connectivity index (χ1n) is 6.37. The van der Waals surface area contributed by atoms with Gasteiger partial charge in [-0.05, 0) is 31.0 Å². The molecule has 0 saturated heterocycles. The number of carbonyl (C=O) groups is 1. The molecule has 0 aliphatic rings. The van der Waals surface area contributed by atoms with Crippen LogP contribution >= 0.6 is 0 Å². The van der Waals surface area contributed by atoms with Gasteiger partial charge in [-0.15, -0.1) is 0 Å². The number of benzene rings is 1. The van der Waals surface area contributed by atoms with E-state index in [1.54, 1.807) is 0 Å². The van der Waals surface area contributed by atoms with E-state index in [1.807, 2.05) is 20.8 Å². The van der Waals surface area contributed by atoms with Gasteiger partial charge in [0.15, 0.2) is 0 Å². The molecule has 1 aromatic carbocycles. The van der Waals surface area contributed by atoms with E-state index in [1.165, 1.54) is 6.07 Å². The summed E-state index contributed by atoms with van der Waals surface area (Å²) >= 11 is 0. The molecule has 3 nitrogen and oxygen atoms in total. The van der Waals surface area contributed by atoms with Gasteiger partial charge in [0.1, 0.15) is 0 Å². The van der Waals surface area contributed by atoms with Gasteiger partial charge in [-0.25, -0.2) is 4.79 Å². The third-order valence-corrected chi connectivity index (χ3v) is 3.45. The summed E-state index contributed by atoms with van der Waals surface area (Å²) in [4.78, 5) is 11.0. The highest BCUT2D eigenvalue weighted by molar-refractivity contribution is 5.91. The lowest BCUT2D eigenvalue weighted by Gasteiger charge is -2.22. The maximum Gasteiger partial charge on any atom is 0.417 e. The average Bonchev–Trinajstić information content (AvgIpc) is 2.36. The summed E-state index contributed by atoms with van der Waals surface area (Å²) in [5.41, 5.74) is -1.49. The van der Waals surface area contributed by atoms with E-state index in [0.717, 1.165) is 18.6 Å². The fourth-order valence-corrected chi connectivity index (χ4v) is 1.82. The number of alkyl halides is 3. The van der Waals surface area contributed by atoms with Gasteiger partial charge in [-0.2, -0.15) is 13.2 Å². The van der Waals surface area contributed by atoms with Crippen molar-refractivity contribution in [1.29, 1.82) is 0 Å². The Morgan fingerprint density at radius 1 is 1.35 bits per heavy atom. The number of carboxylic acid groups (broad SMARTS) is 1. The maximum atomic E-state index is 12.7. The maximum absolute atomic E-state index is 12.7. The van der Waals surface area contributed by atoms with E-state index in [9.17, 15) is 18.0 Å². The molecule has 0 radical (unpaired) electrons. The van der Waals surface area contributed by atoms with Crippen molar-refractivity contribution in [2.75, 3.05) is 5.32 Å². The molecule has 0 amide bonds. The zero-order chi connectivity index (χ0) is 15.5. The molecule has 0 aliphatic heterocycles. The number of hydrogen-bond acceptors (Lipinski definition) is 2. The Morgan fingerprint density at radius 2 is 1.95 bits per heavy atom. The van der Waals surface area contributed by atoms with Gasteiger partial charge in [-0.3, -0.25) is 0 Å². The quantitative estimate of drug-likeness (QED) is 0.852. The van der Waals surface area contributed by atoms with Crippen molar-refractivity contribution in [3.05, 3.63) is 29.3 Å². The number of rotatable bonds is 5. The summed E-state index contributed by atoms with van der Waals surface area (Å²) in [5, 5.41) is 12.0. The monoisotopic (exact) mass is 289 g/mol. The Hall–Kier alpha value is -1.72. The van der Waals surface area contributed by atoms with Crippen LogP contribution < -0.4 is 5.32 Å². The van der Waals surface area contributed by atoms with Crippen molar-refractivity contribution >= 4 is 11.7 Å². The van der Waals surface area contributed by atoms with Crippen molar-refractivity contribution in [3.8, 4) is 0 Å². The molecule has 0 heterocycles. The van der Waals surface area contributed by atoms with Crippen molar-refractivity contribution in [2.24, 2.45) is 5.92 Å². The molecule has 0 fully saturated rings. The molecule has 0 bridgehead atoms. The topological polar surface area (TPSA) is 49.3 Å². The van der Waals surface area contributed by atoms with Crippen LogP contribution in [0.1, 0.15) is 43.1 Å². The lowest BCUT2D eigenvalue weighted by Crippen LogP contribution is -2.23. The number of anilines is 1. The molecule has 6 heteroatoms. The van der Waals surface area contributed by atoms with Crippen LogP contribution in [0.25, 0.3) is 0 Å². The minimum atomic E-state index is -4.67. The van der Waals surface area contributed by atoms with Crippen LogP contribution in [0.3, 0.4) is 0 Å². The molecule has 2 atom stereocenters. The summed E-state index contributed by atoms with van der Waals surface area (Å²) in [5.74, 6) is -1.26. The largest absolute Gasteiger partial charge is 0.478 e. The van der Waals surface area contributed by atoms with Crippen molar-refractivity contribution in [3.63, 3.8) is 0 Å². The Balaban J connectivity index is 3.09. The summed E-state index contributed by atoms with van der Waals surface area (Å²) in [6.45, 7) is 5.93. The lowest BCUT2D eigenvalue weighted by atomic mass is 10.00. The third kappa shape index (κ3) is 3.88. The predicted octanol–water partition coefficient (Wildman–Crippen LogP) is 4.25. The molecule has 1 rings (SSSR count). The van der Waals surface area contributed by atoms with Crippen LogP contribution in [0, 0.1) is 5.92 Å². The number of halogens is 3. The van der Waals surface area contributed by atoms with Gasteiger partial charge in [0.25, 0.3) is 0 Å². The molecule has 2 unspecified atom stereocenters. The summed E-state index contributed by atoms with van der Waals surface area (Å²) in [6.07, 6.45) is -3.75. The predicted molar refractivity (Wildman–Crippen MR) is 70.9 cm³/mol. The summed E-state index contributed by atoms with van der Waals surface area (Å²) in [7, 11) is 0. The normalized spacial score (nSPS) is 14.7. The second-order valence-electron chi connectivity index (χ2n) is 4.88. The van der Waals surface area contributed by atoms with E-state index in [4.69, 9.17) is 5.11 Å². The van der Waals surface area contributed by atoms with Crippen LogP contribution in [-0.4, -0.2) is 17.1 Å². The van der Waals surface area contributed by atoms with Crippen LogP contribution in [0.5, 0.6) is 0 Å². The highest BCUT2D eigenvalue weighted by Crippen LogP contribution is 2.33. The van der Waals surface area contributed by atoms with E-state index in [0.29, 0.717) is 11.6 Å². The molecular weight excluding hydrogens is 271 g/mol. The van der Waals surface area contributed by atoms with Crippen LogP contribution in [-0.2, 0) is 6.18 Å². The minimum absolute atomic E-state index is 0.0402. The first-order valence-corrected chi connectivity index (χ1v) is 6.37. The zero-order valence-electron chi connectivity index (χ0n) is 11.6. The molecule has 0 spiro atoms. The number of nitrogens with one attached hydrogen (secondary N) is 1. The Bertz CT molecular complexity index is 486. The van der Waals surface area contributed by atoms with Gasteiger partial charge in [0.05, 0.1) is 11.1 Å². The standard InChI is InChI=1S/C14H18F3NO2/c1-4-8(2)9(3)18-10-5-6-12(14(15,16)17)11(7-10)13(19)20/h5-9,18H,4H2,1-3H3,(H,19,20). The molecule has 2 N–H and O–H groups in total. The fraction of sp³-hybridized carbons (Fsp3) is 0.500. The second-order valence-corrected chi connectivity index (χ2v) is 4.88. The second kappa shape index (κ2) is 6.15. The van der Waals surface area contributed by atoms with E-state index in [-0.39, 0.29) is 6.04 Å². The SMILES string of the molecule is CCC(C)C(C)Nc1ccc(C(F)(F)F)c(C(=O)O)c1. The molecule has 112 valence electrons. The number of aromatic carboxylic acids is 1. The van der Waals surface area contributed by atoms with Crippen molar-refractivity contribution in [2.45, 2.75) is 39.4 Å². The first-order chi connectivity index (χ1) is 9.16. The van der Waals surface area contributed by atoms with E-state index < -0.39 is 23.3 Å². The molecule has 1 aromatic rings. The smallest absolute Gasteiger partial charge is 0.417 e. The first kappa shape index (κ1) is 16.3. The van der Waals surface area contributed by atoms with Crippen molar-refractivity contribution in [1.82, 2.24) is 0 Å². The van der Waals surface area contributed by atoms with Crippen LogP contribution in [0.4, 0.5) is 18.9 Å². The highest BCUT2D eigenvalue weighted by Gasteiger charge is 2.35. The number of hydrogen-bond donors (Lipinski definition) is 2. The number of carboxylic acids is 1. The molecule has 20 heavy (non-hydrogen) atoms. The Morgan fingerprint density at radius 3 is 2.40 bits per heavy atom. The molecule has 0 saturated carbocycles. The van der Waals surface area contributed by atoms with Gasteiger partial charge >= 0.3 is 12.1 Å². The molecule has 0 aromatic heterocycles. The Labute approximate surface area is 115 Å².